The fourth-order valence-electron chi connectivity index (χ4n) is 6.22. The van der Waals surface area contributed by atoms with Crippen molar-refractivity contribution in [3.8, 4) is 0 Å². The molecule has 0 bridgehead atoms. The molecule has 0 aliphatic heterocycles. The molecule has 0 saturated heterocycles. The summed E-state index contributed by atoms with van der Waals surface area (Å²) in [6, 6.07) is 0. The molecule has 0 spiro atoms. The molecule has 3 aliphatic rings. The molecular formula is C28H44O3. The highest BCUT2D eigenvalue weighted by Crippen LogP contribution is 2.59. The molecule has 0 radical (unpaired) electrons. The van der Waals surface area contributed by atoms with Crippen LogP contribution in [0.3, 0.4) is 0 Å². The Bertz CT molecular complexity index is 764. The average molecular weight is 429 g/mol. The summed E-state index contributed by atoms with van der Waals surface area (Å²) in [5.74, 6) is 1.54. The summed E-state index contributed by atoms with van der Waals surface area (Å²) in [7, 11) is 0. The van der Waals surface area contributed by atoms with E-state index in [0.717, 1.165) is 19.3 Å². The van der Waals surface area contributed by atoms with E-state index in [9.17, 15) is 15.3 Å². The van der Waals surface area contributed by atoms with E-state index in [2.05, 4.69) is 38.7 Å². The summed E-state index contributed by atoms with van der Waals surface area (Å²) < 4.78 is 0. The van der Waals surface area contributed by atoms with Crippen molar-refractivity contribution in [2.45, 2.75) is 103 Å². The Morgan fingerprint density at radius 2 is 1.81 bits per heavy atom. The first-order valence-corrected chi connectivity index (χ1v) is 12.2. The van der Waals surface area contributed by atoms with Gasteiger partial charge in [-0.3, -0.25) is 0 Å². The molecule has 0 aromatic carbocycles. The second-order valence-electron chi connectivity index (χ2n) is 11.5. The molecule has 0 aromatic rings. The number of hydrogen-bond acceptors (Lipinski definition) is 3. The minimum Gasteiger partial charge on any atom is -0.393 e. The van der Waals surface area contributed by atoms with Gasteiger partial charge in [-0.1, -0.05) is 55.9 Å². The molecule has 3 rings (SSSR count). The van der Waals surface area contributed by atoms with Gasteiger partial charge in [0.1, 0.15) is 5.60 Å². The van der Waals surface area contributed by atoms with Gasteiger partial charge in [-0.2, -0.15) is 0 Å². The van der Waals surface area contributed by atoms with Gasteiger partial charge in [-0.25, -0.2) is 0 Å². The van der Waals surface area contributed by atoms with Crippen LogP contribution in [0.4, 0.5) is 0 Å². The highest BCUT2D eigenvalue weighted by Gasteiger charge is 2.50. The van der Waals surface area contributed by atoms with Gasteiger partial charge < -0.3 is 15.3 Å². The summed E-state index contributed by atoms with van der Waals surface area (Å²) in [5.41, 5.74) is 1.83. The maximum absolute atomic E-state index is 10.6. The summed E-state index contributed by atoms with van der Waals surface area (Å²) in [4.78, 5) is 0. The number of aliphatic hydroxyl groups excluding tert-OH is 1. The van der Waals surface area contributed by atoms with Crippen molar-refractivity contribution >= 4 is 0 Å². The Kier molecular flexibility index (Phi) is 7.11. The predicted molar refractivity (Wildman–Crippen MR) is 129 cm³/mol. The molecule has 3 saturated carbocycles. The van der Waals surface area contributed by atoms with Gasteiger partial charge in [-0.15, -0.1) is 0 Å². The van der Waals surface area contributed by atoms with Crippen LogP contribution in [0.2, 0.25) is 0 Å². The number of fused-ring (bicyclic) bond motifs is 1. The van der Waals surface area contributed by atoms with Crippen LogP contribution in [-0.2, 0) is 0 Å². The second kappa shape index (κ2) is 9.00. The Labute approximate surface area is 189 Å². The predicted octanol–water partition coefficient (Wildman–Crippen LogP) is 5.87. The van der Waals surface area contributed by atoms with Crippen LogP contribution in [-0.4, -0.2) is 32.6 Å². The first-order valence-electron chi connectivity index (χ1n) is 12.2. The van der Waals surface area contributed by atoms with Crippen molar-refractivity contribution in [2.24, 2.45) is 23.2 Å². The Morgan fingerprint density at radius 1 is 1.10 bits per heavy atom. The first kappa shape index (κ1) is 24.5. The molecule has 3 N–H and O–H groups in total. The van der Waals surface area contributed by atoms with Gasteiger partial charge >= 0.3 is 0 Å². The lowest BCUT2D eigenvalue weighted by molar-refractivity contribution is -0.0886. The molecule has 3 nitrogen and oxygen atoms in total. The normalized spacial score (nSPS) is 37.9. The highest BCUT2D eigenvalue weighted by molar-refractivity contribution is 5.36. The standard InChI is InChI=1S/C28H44O3/c1-19-9-12-23(29)18-22(19)11-10-21-8-7-16-27(5)24(13-14-25(21)27)20(2)15-17-28(6,31)26(3,4)30/h10-11,15,17,20,23-25,29-31H,1,7-9,12-14,16,18H2,2-6H3/b17-15+,21-10-,22-11-/t20-,23-,24-,25+,27-,28+/m0/s1. The van der Waals surface area contributed by atoms with Crippen molar-refractivity contribution in [1.82, 2.24) is 0 Å². The van der Waals surface area contributed by atoms with E-state index in [1.807, 2.05) is 0 Å². The Hall–Kier alpha value is -1.16. The molecule has 0 unspecified atom stereocenters. The zero-order valence-electron chi connectivity index (χ0n) is 20.3. The van der Waals surface area contributed by atoms with E-state index in [1.54, 1.807) is 32.4 Å². The van der Waals surface area contributed by atoms with E-state index in [-0.39, 0.29) is 11.5 Å². The number of aliphatic hydroxyl groups is 3. The molecule has 0 heterocycles. The molecule has 31 heavy (non-hydrogen) atoms. The van der Waals surface area contributed by atoms with Crippen LogP contribution >= 0.6 is 0 Å². The molecule has 0 amide bonds. The van der Waals surface area contributed by atoms with Crippen LogP contribution in [0.5, 0.6) is 0 Å². The van der Waals surface area contributed by atoms with Crippen molar-refractivity contribution in [1.29, 1.82) is 0 Å². The molecule has 3 aliphatic carbocycles. The minimum atomic E-state index is -1.24. The van der Waals surface area contributed by atoms with Gasteiger partial charge in [0.25, 0.3) is 0 Å². The lowest BCUT2D eigenvalue weighted by Gasteiger charge is -2.44. The Morgan fingerprint density at radius 3 is 2.48 bits per heavy atom. The largest absolute Gasteiger partial charge is 0.393 e. The molecule has 174 valence electrons. The topological polar surface area (TPSA) is 60.7 Å². The van der Waals surface area contributed by atoms with E-state index < -0.39 is 11.2 Å². The van der Waals surface area contributed by atoms with E-state index in [1.165, 1.54) is 43.3 Å². The lowest BCUT2D eigenvalue weighted by Crippen LogP contribution is -2.46. The summed E-state index contributed by atoms with van der Waals surface area (Å²) >= 11 is 0. The quantitative estimate of drug-likeness (QED) is 0.480. The van der Waals surface area contributed by atoms with Gasteiger partial charge in [0.05, 0.1) is 11.7 Å². The maximum Gasteiger partial charge on any atom is 0.108 e. The number of hydrogen-bond donors (Lipinski definition) is 3. The fourth-order valence-corrected chi connectivity index (χ4v) is 6.22. The van der Waals surface area contributed by atoms with Crippen LogP contribution in [0, 0.1) is 23.2 Å². The van der Waals surface area contributed by atoms with Crippen LogP contribution in [0.15, 0.2) is 47.6 Å². The van der Waals surface area contributed by atoms with Crippen LogP contribution in [0.1, 0.15) is 86.0 Å². The van der Waals surface area contributed by atoms with Crippen molar-refractivity contribution in [2.75, 3.05) is 0 Å². The number of rotatable bonds is 5. The molecule has 0 aromatic heterocycles. The van der Waals surface area contributed by atoms with Gasteiger partial charge in [0.2, 0.25) is 0 Å². The van der Waals surface area contributed by atoms with Gasteiger partial charge in [0, 0.05) is 0 Å². The van der Waals surface area contributed by atoms with E-state index in [0.29, 0.717) is 17.8 Å². The summed E-state index contributed by atoms with van der Waals surface area (Å²) in [6.45, 7) is 13.9. The van der Waals surface area contributed by atoms with Crippen LogP contribution in [0.25, 0.3) is 0 Å². The molecule has 3 fully saturated rings. The summed E-state index contributed by atoms with van der Waals surface area (Å²) in [5, 5.41) is 30.9. The lowest BCUT2D eigenvalue weighted by atomic mass is 9.61. The molecular weight excluding hydrogens is 384 g/mol. The van der Waals surface area contributed by atoms with Crippen molar-refractivity contribution in [3.63, 3.8) is 0 Å². The minimum absolute atomic E-state index is 0.226. The summed E-state index contributed by atoms with van der Waals surface area (Å²) in [6.07, 6.45) is 16.8. The zero-order valence-corrected chi connectivity index (χ0v) is 20.3. The highest BCUT2D eigenvalue weighted by atomic mass is 16.3. The Balaban J connectivity index is 1.77. The maximum atomic E-state index is 10.6. The van der Waals surface area contributed by atoms with E-state index >= 15 is 0 Å². The van der Waals surface area contributed by atoms with Crippen molar-refractivity contribution < 1.29 is 15.3 Å². The zero-order chi connectivity index (χ0) is 23.0. The van der Waals surface area contributed by atoms with Gasteiger partial charge in [-0.05, 0) is 101 Å². The molecule has 3 heteroatoms. The number of allylic oxidation sites excluding steroid dienone is 5. The fraction of sp³-hybridized carbons (Fsp3) is 0.714. The monoisotopic (exact) mass is 428 g/mol. The smallest absolute Gasteiger partial charge is 0.108 e. The average Bonchev–Trinajstić information content (AvgIpc) is 3.03. The molecule has 6 atom stereocenters. The third-order valence-corrected chi connectivity index (χ3v) is 8.82. The first-order chi connectivity index (χ1) is 14.3. The van der Waals surface area contributed by atoms with Crippen molar-refractivity contribution in [3.05, 3.63) is 47.6 Å². The third kappa shape index (κ3) is 5.10. The van der Waals surface area contributed by atoms with Crippen LogP contribution < -0.4 is 0 Å². The van der Waals surface area contributed by atoms with Gasteiger partial charge in [0.15, 0.2) is 0 Å². The second-order valence-corrected chi connectivity index (χ2v) is 11.5. The third-order valence-electron chi connectivity index (χ3n) is 8.82. The van der Waals surface area contributed by atoms with E-state index in [4.69, 9.17) is 0 Å². The SMILES string of the molecule is C=C1CC[C@H](O)C/C1=C/C=C1/CCC[C@]2(C)[C@@H]1CC[C@H]2[C@@H](C)/C=C/[C@@](C)(O)C(C)(C)O.